The van der Waals surface area contributed by atoms with Gasteiger partial charge in [0.25, 0.3) is 0 Å². The van der Waals surface area contributed by atoms with Gasteiger partial charge in [0, 0.05) is 38.3 Å². The predicted octanol–water partition coefficient (Wildman–Crippen LogP) is 2.88. The summed E-state index contributed by atoms with van der Waals surface area (Å²) in [5.41, 5.74) is 10.6. The van der Waals surface area contributed by atoms with Crippen molar-refractivity contribution in [2.24, 2.45) is 17.3 Å². The fourth-order valence-electron chi connectivity index (χ4n) is 6.00. The molecule has 0 radical (unpaired) electrons. The van der Waals surface area contributed by atoms with Crippen molar-refractivity contribution in [2.75, 3.05) is 44.4 Å². The third-order valence-electron chi connectivity index (χ3n) is 8.11. The van der Waals surface area contributed by atoms with Crippen LogP contribution in [0.3, 0.4) is 0 Å². The van der Waals surface area contributed by atoms with Crippen molar-refractivity contribution in [1.82, 2.24) is 24.6 Å². The number of aliphatic hydroxyl groups is 1. The van der Waals surface area contributed by atoms with Crippen molar-refractivity contribution >= 4 is 22.8 Å². The van der Waals surface area contributed by atoms with Gasteiger partial charge in [-0.25, -0.2) is 4.98 Å². The number of benzene rings is 1. The quantitative estimate of drug-likeness (QED) is 0.408. The summed E-state index contributed by atoms with van der Waals surface area (Å²) in [5.74, 6) is 3.20. The highest BCUT2D eigenvalue weighted by Crippen LogP contribution is 2.63. The van der Waals surface area contributed by atoms with E-state index < -0.39 is 0 Å². The highest BCUT2D eigenvalue weighted by atomic mass is 16.5. The maximum atomic E-state index is 9.11. The number of rotatable bonds is 10. The minimum atomic E-state index is 0.265. The van der Waals surface area contributed by atoms with E-state index in [1.165, 1.54) is 31.2 Å². The standard InChI is InChI=1S/C26H35N7O2/c1-35-22-8-17(13-32-14-18(15-32)4-7-34)2-3-20(22)16-33-23-21(12-29-33)30-25(27)31-24(23)28-11-19-9-26(10-19)5-6-26/h2-3,8,12,18-19,34H,4-7,9-11,13-16H2,1H3,(H3,27,28,30,31). The van der Waals surface area contributed by atoms with Gasteiger partial charge >= 0.3 is 0 Å². The van der Waals surface area contributed by atoms with Gasteiger partial charge in [0.1, 0.15) is 16.8 Å². The molecule has 9 heteroatoms. The van der Waals surface area contributed by atoms with E-state index in [4.69, 9.17) is 15.6 Å². The van der Waals surface area contributed by atoms with Crippen LogP contribution in [0.25, 0.3) is 11.0 Å². The predicted molar refractivity (Wildman–Crippen MR) is 135 cm³/mol. The number of methoxy groups -OCH3 is 1. The molecule has 186 valence electrons. The maximum absolute atomic E-state index is 9.11. The third kappa shape index (κ3) is 4.54. The van der Waals surface area contributed by atoms with Crippen molar-refractivity contribution in [1.29, 1.82) is 0 Å². The monoisotopic (exact) mass is 477 g/mol. The largest absolute Gasteiger partial charge is 0.496 e. The molecule has 0 atom stereocenters. The molecule has 3 heterocycles. The molecule has 1 spiro atoms. The lowest BCUT2D eigenvalue weighted by atomic mass is 9.72. The number of nitrogens with two attached hydrogens (primary N) is 1. The van der Waals surface area contributed by atoms with Gasteiger partial charge in [-0.05, 0) is 61.0 Å². The van der Waals surface area contributed by atoms with Gasteiger partial charge in [-0.1, -0.05) is 12.1 Å². The summed E-state index contributed by atoms with van der Waals surface area (Å²) in [6.07, 6.45) is 8.12. The van der Waals surface area contributed by atoms with Crippen LogP contribution in [-0.2, 0) is 13.1 Å². The molecule has 9 nitrogen and oxygen atoms in total. The molecular weight excluding hydrogens is 442 g/mol. The summed E-state index contributed by atoms with van der Waals surface area (Å²) >= 11 is 0. The molecule has 6 rings (SSSR count). The smallest absolute Gasteiger partial charge is 0.222 e. The highest BCUT2D eigenvalue weighted by molar-refractivity contribution is 5.86. The Morgan fingerprint density at radius 3 is 2.74 bits per heavy atom. The summed E-state index contributed by atoms with van der Waals surface area (Å²) in [6, 6.07) is 6.42. The number of aromatic nitrogens is 4. The molecule has 1 aliphatic heterocycles. The normalized spacial score (nSPS) is 19.6. The van der Waals surface area contributed by atoms with Crippen molar-refractivity contribution in [2.45, 2.75) is 45.2 Å². The molecule has 4 N–H and O–H groups in total. The van der Waals surface area contributed by atoms with Crippen LogP contribution in [0.15, 0.2) is 24.4 Å². The summed E-state index contributed by atoms with van der Waals surface area (Å²) in [6.45, 7) is 4.73. The van der Waals surface area contributed by atoms with Crippen molar-refractivity contribution < 1.29 is 9.84 Å². The van der Waals surface area contributed by atoms with Crippen LogP contribution in [0, 0.1) is 17.3 Å². The fraction of sp³-hybridized carbons (Fsp3) is 0.577. The average Bonchev–Trinajstić information content (AvgIpc) is 3.51. The summed E-state index contributed by atoms with van der Waals surface area (Å²) in [7, 11) is 1.72. The average molecular weight is 478 g/mol. The number of nitrogen functional groups attached to an aromatic ring is 1. The van der Waals surface area contributed by atoms with Crippen LogP contribution >= 0.6 is 0 Å². The first-order valence-electron chi connectivity index (χ1n) is 12.8. The van der Waals surface area contributed by atoms with Crippen molar-refractivity contribution in [3.8, 4) is 5.75 Å². The first-order valence-corrected chi connectivity index (χ1v) is 12.8. The van der Waals surface area contributed by atoms with Crippen LogP contribution in [0.1, 0.15) is 43.2 Å². The first-order chi connectivity index (χ1) is 17.0. The number of hydrogen-bond acceptors (Lipinski definition) is 8. The van der Waals surface area contributed by atoms with Crippen LogP contribution in [0.4, 0.5) is 11.8 Å². The lowest BCUT2D eigenvalue weighted by Crippen LogP contribution is -2.46. The number of hydrogen-bond donors (Lipinski definition) is 3. The molecule has 2 aliphatic carbocycles. The first kappa shape index (κ1) is 22.5. The molecule has 2 aromatic heterocycles. The number of anilines is 2. The summed E-state index contributed by atoms with van der Waals surface area (Å²) in [4.78, 5) is 11.3. The van der Waals surface area contributed by atoms with E-state index in [9.17, 15) is 0 Å². The van der Waals surface area contributed by atoms with Crippen molar-refractivity contribution in [3.63, 3.8) is 0 Å². The van der Waals surface area contributed by atoms with Gasteiger partial charge < -0.3 is 20.9 Å². The number of likely N-dealkylation sites (tertiary alicyclic amines) is 1. The maximum Gasteiger partial charge on any atom is 0.222 e. The number of fused-ring (bicyclic) bond motifs is 1. The number of aliphatic hydroxyl groups excluding tert-OH is 1. The second-order valence-electron chi connectivity index (χ2n) is 10.8. The minimum absolute atomic E-state index is 0.265. The van der Waals surface area contributed by atoms with Gasteiger partial charge in [0.2, 0.25) is 5.95 Å². The number of nitrogens with zero attached hydrogens (tertiary/aromatic N) is 5. The molecule has 2 saturated carbocycles. The molecule has 0 bridgehead atoms. The second-order valence-corrected chi connectivity index (χ2v) is 10.8. The fourth-order valence-corrected chi connectivity index (χ4v) is 6.00. The Morgan fingerprint density at radius 1 is 1.17 bits per heavy atom. The Morgan fingerprint density at radius 2 is 2.00 bits per heavy atom. The number of ether oxygens (including phenoxy) is 1. The molecule has 0 amide bonds. The lowest BCUT2D eigenvalue weighted by molar-refractivity contribution is 0.0723. The molecule has 1 saturated heterocycles. The molecule has 3 fully saturated rings. The second kappa shape index (κ2) is 8.95. The Bertz CT molecular complexity index is 1210. The van der Waals surface area contributed by atoms with Gasteiger partial charge in [-0.2, -0.15) is 10.1 Å². The number of nitrogens with one attached hydrogen (secondary N) is 1. The van der Waals surface area contributed by atoms with E-state index in [-0.39, 0.29) is 12.6 Å². The Hall–Kier alpha value is -2.91. The Kier molecular flexibility index (Phi) is 5.76. The highest BCUT2D eigenvalue weighted by Gasteiger charge is 2.52. The zero-order valence-electron chi connectivity index (χ0n) is 20.4. The van der Waals surface area contributed by atoms with Crippen LogP contribution in [-0.4, -0.2) is 63.1 Å². The SMILES string of the molecule is COc1cc(CN2CC(CCO)C2)ccc1Cn1ncc2nc(N)nc(NCC3CC4(CC4)C3)c21. The summed E-state index contributed by atoms with van der Waals surface area (Å²) in [5, 5.41) is 17.3. The molecule has 3 aromatic rings. The van der Waals surface area contributed by atoms with E-state index >= 15 is 0 Å². The zero-order valence-corrected chi connectivity index (χ0v) is 20.4. The molecule has 35 heavy (non-hydrogen) atoms. The zero-order chi connectivity index (χ0) is 24.0. The van der Waals surface area contributed by atoms with Crippen LogP contribution in [0.2, 0.25) is 0 Å². The molecule has 1 aromatic carbocycles. The van der Waals surface area contributed by atoms with E-state index in [0.29, 0.717) is 23.8 Å². The van der Waals surface area contributed by atoms with Gasteiger partial charge in [0.05, 0.1) is 19.9 Å². The van der Waals surface area contributed by atoms with E-state index in [2.05, 4.69) is 43.5 Å². The summed E-state index contributed by atoms with van der Waals surface area (Å²) < 4.78 is 7.69. The van der Waals surface area contributed by atoms with Gasteiger partial charge in [0.15, 0.2) is 5.82 Å². The van der Waals surface area contributed by atoms with E-state index in [1.54, 1.807) is 13.3 Å². The molecule has 3 aliphatic rings. The van der Waals surface area contributed by atoms with Gasteiger partial charge in [-0.3, -0.25) is 9.58 Å². The van der Waals surface area contributed by atoms with Crippen LogP contribution < -0.4 is 15.8 Å². The molecule has 0 unspecified atom stereocenters. The Labute approximate surface area is 205 Å². The van der Waals surface area contributed by atoms with E-state index in [1.807, 2.05) is 4.68 Å². The molecular formula is C26H35N7O2. The van der Waals surface area contributed by atoms with Crippen LogP contribution in [0.5, 0.6) is 5.75 Å². The lowest BCUT2D eigenvalue weighted by Gasteiger charge is -2.39. The third-order valence-corrected chi connectivity index (χ3v) is 8.11. The topological polar surface area (TPSA) is 114 Å². The minimum Gasteiger partial charge on any atom is -0.496 e. The van der Waals surface area contributed by atoms with Gasteiger partial charge in [-0.15, -0.1) is 0 Å². The van der Waals surface area contributed by atoms with Crippen molar-refractivity contribution in [3.05, 3.63) is 35.5 Å². The Balaban J connectivity index is 1.17. The van der Waals surface area contributed by atoms with E-state index in [0.717, 1.165) is 60.8 Å².